The Morgan fingerprint density at radius 2 is 2.05 bits per heavy atom. The Hall–Kier alpha value is -1.36. The standard InChI is InChI=1S/C16H15BrClN3/c1-21-15-5-3-2-4-14(15)20-16(21)9-13(19)10-6-11(17)8-12(18)7-10/h2-8,13H,9,19H2,1H3. The second kappa shape index (κ2) is 5.79. The molecule has 21 heavy (non-hydrogen) atoms. The van der Waals surface area contributed by atoms with Crippen LogP contribution >= 0.6 is 27.5 Å². The summed E-state index contributed by atoms with van der Waals surface area (Å²) < 4.78 is 3.03. The smallest absolute Gasteiger partial charge is 0.111 e. The quantitative estimate of drug-likeness (QED) is 0.755. The third-order valence-electron chi connectivity index (χ3n) is 3.60. The second-order valence-electron chi connectivity index (χ2n) is 5.09. The van der Waals surface area contributed by atoms with Crippen LogP contribution in [0.3, 0.4) is 0 Å². The van der Waals surface area contributed by atoms with Crippen molar-refractivity contribution in [1.29, 1.82) is 0 Å². The Morgan fingerprint density at radius 3 is 2.76 bits per heavy atom. The molecule has 0 fully saturated rings. The average Bonchev–Trinajstić information content (AvgIpc) is 2.75. The summed E-state index contributed by atoms with van der Waals surface area (Å²) in [7, 11) is 2.02. The van der Waals surface area contributed by atoms with Gasteiger partial charge in [-0.3, -0.25) is 0 Å². The SMILES string of the molecule is Cn1c(CC(N)c2cc(Cl)cc(Br)c2)nc2ccccc21. The van der Waals surface area contributed by atoms with E-state index in [0.29, 0.717) is 11.4 Å². The number of benzene rings is 2. The molecule has 1 heterocycles. The minimum absolute atomic E-state index is 0.143. The van der Waals surface area contributed by atoms with Gasteiger partial charge in [0.05, 0.1) is 11.0 Å². The Balaban J connectivity index is 1.92. The lowest BCUT2D eigenvalue weighted by Crippen LogP contribution is -2.15. The first-order valence-corrected chi connectivity index (χ1v) is 7.83. The highest BCUT2D eigenvalue weighted by molar-refractivity contribution is 9.10. The summed E-state index contributed by atoms with van der Waals surface area (Å²) in [5.74, 6) is 0.972. The normalized spacial score (nSPS) is 12.8. The van der Waals surface area contributed by atoms with Crippen LogP contribution in [0.4, 0.5) is 0 Å². The van der Waals surface area contributed by atoms with Gasteiger partial charge in [-0.15, -0.1) is 0 Å². The fourth-order valence-corrected chi connectivity index (χ4v) is 3.37. The summed E-state index contributed by atoms with van der Waals surface area (Å²) in [6, 6.07) is 13.7. The van der Waals surface area contributed by atoms with Crippen LogP contribution in [0.5, 0.6) is 0 Å². The van der Waals surface area contributed by atoms with Crippen molar-refractivity contribution in [3.05, 3.63) is 63.3 Å². The number of nitrogens with zero attached hydrogens (tertiary/aromatic N) is 2. The van der Waals surface area contributed by atoms with Gasteiger partial charge in [0.15, 0.2) is 0 Å². The number of para-hydroxylation sites is 2. The molecule has 3 rings (SSSR count). The van der Waals surface area contributed by atoms with Crippen LogP contribution in [-0.4, -0.2) is 9.55 Å². The zero-order valence-corrected chi connectivity index (χ0v) is 13.9. The molecule has 0 bridgehead atoms. The van der Waals surface area contributed by atoms with Gasteiger partial charge in [0, 0.05) is 29.0 Å². The lowest BCUT2D eigenvalue weighted by molar-refractivity contribution is 0.665. The molecule has 2 N–H and O–H groups in total. The number of aromatic nitrogens is 2. The van der Waals surface area contributed by atoms with E-state index in [0.717, 1.165) is 26.9 Å². The maximum atomic E-state index is 6.32. The van der Waals surface area contributed by atoms with Gasteiger partial charge >= 0.3 is 0 Å². The summed E-state index contributed by atoms with van der Waals surface area (Å²) in [6.07, 6.45) is 0.665. The topological polar surface area (TPSA) is 43.8 Å². The molecule has 2 aromatic carbocycles. The van der Waals surface area contributed by atoms with Gasteiger partial charge in [0.25, 0.3) is 0 Å². The molecule has 1 unspecified atom stereocenters. The molecule has 0 aliphatic rings. The van der Waals surface area contributed by atoms with Crippen LogP contribution in [0.25, 0.3) is 11.0 Å². The Labute approximate surface area is 136 Å². The molecule has 0 aliphatic carbocycles. The van der Waals surface area contributed by atoms with E-state index < -0.39 is 0 Å². The number of aryl methyl sites for hydroxylation is 1. The maximum absolute atomic E-state index is 6.32. The second-order valence-corrected chi connectivity index (χ2v) is 6.44. The highest BCUT2D eigenvalue weighted by Gasteiger charge is 2.14. The third-order valence-corrected chi connectivity index (χ3v) is 4.27. The van der Waals surface area contributed by atoms with Gasteiger partial charge in [0.1, 0.15) is 5.82 Å². The van der Waals surface area contributed by atoms with Crippen LogP contribution in [-0.2, 0) is 13.5 Å². The minimum Gasteiger partial charge on any atom is -0.331 e. The zero-order chi connectivity index (χ0) is 15.0. The van der Waals surface area contributed by atoms with E-state index >= 15 is 0 Å². The number of halogens is 2. The van der Waals surface area contributed by atoms with E-state index in [2.05, 4.69) is 31.5 Å². The Morgan fingerprint density at radius 1 is 1.29 bits per heavy atom. The minimum atomic E-state index is -0.143. The number of imidazole rings is 1. The molecule has 0 saturated carbocycles. The van der Waals surface area contributed by atoms with Crippen molar-refractivity contribution in [2.75, 3.05) is 0 Å². The summed E-state index contributed by atoms with van der Waals surface area (Å²) in [4.78, 5) is 4.66. The molecule has 0 saturated heterocycles. The third kappa shape index (κ3) is 2.98. The van der Waals surface area contributed by atoms with Crippen molar-refractivity contribution in [1.82, 2.24) is 9.55 Å². The van der Waals surface area contributed by atoms with E-state index in [-0.39, 0.29) is 6.04 Å². The van der Waals surface area contributed by atoms with Gasteiger partial charge in [-0.1, -0.05) is 39.7 Å². The van der Waals surface area contributed by atoms with E-state index in [1.807, 2.05) is 43.4 Å². The number of nitrogens with two attached hydrogens (primary N) is 1. The molecular weight excluding hydrogens is 350 g/mol. The molecule has 0 amide bonds. The molecule has 0 aliphatic heterocycles. The van der Waals surface area contributed by atoms with Crippen molar-refractivity contribution in [3.63, 3.8) is 0 Å². The van der Waals surface area contributed by atoms with Gasteiger partial charge in [-0.25, -0.2) is 4.98 Å². The molecular formula is C16H15BrClN3. The predicted molar refractivity (Wildman–Crippen MR) is 90.5 cm³/mol. The predicted octanol–water partition coefficient (Wildman–Crippen LogP) is 4.23. The Kier molecular flexibility index (Phi) is 4.02. The fraction of sp³-hybridized carbons (Fsp3) is 0.188. The molecule has 3 aromatic rings. The highest BCUT2D eigenvalue weighted by atomic mass is 79.9. The molecule has 108 valence electrons. The van der Waals surface area contributed by atoms with Crippen LogP contribution in [0, 0.1) is 0 Å². The number of hydrogen-bond acceptors (Lipinski definition) is 2. The first-order chi connectivity index (χ1) is 10.0. The van der Waals surface area contributed by atoms with Gasteiger partial charge in [0.2, 0.25) is 0 Å². The maximum Gasteiger partial charge on any atom is 0.111 e. The summed E-state index contributed by atoms with van der Waals surface area (Å²) in [6.45, 7) is 0. The molecule has 1 atom stereocenters. The van der Waals surface area contributed by atoms with E-state index in [1.54, 1.807) is 0 Å². The highest BCUT2D eigenvalue weighted by Crippen LogP contribution is 2.25. The van der Waals surface area contributed by atoms with Crippen LogP contribution in [0.2, 0.25) is 5.02 Å². The van der Waals surface area contributed by atoms with Gasteiger partial charge < -0.3 is 10.3 Å². The van der Waals surface area contributed by atoms with E-state index in [4.69, 9.17) is 17.3 Å². The van der Waals surface area contributed by atoms with Crippen molar-refractivity contribution in [3.8, 4) is 0 Å². The Bertz CT molecular complexity index is 777. The average molecular weight is 365 g/mol. The van der Waals surface area contributed by atoms with Crippen molar-refractivity contribution in [2.45, 2.75) is 12.5 Å². The van der Waals surface area contributed by atoms with Gasteiger partial charge in [-0.05, 0) is 35.9 Å². The summed E-state index contributed by atoms with van der Waals surface area (Å²) >= 11 is 9.53. The molecule has 0 radical (unpaired) electrons. The summed E-state index contributed by atoms with van der Waals surface area (Å²) in [5.41, 5.74) is 9.44. The van der Waals surface area contributed by atoms with Crippen LogP contribution < -0.4 is 5.73 Å². The number of rotatable bonds is 3. The number of fused-ring (bicyclic) bond motifs is 1. The molecule has 0 spiro atoms. The van der Waals surface area contributed by atoms with E-state index in [9.17, 15) is 0 Å². The first-order valence-electron chi connectivity index (χ1n) is 6.66. The van der Waals surface area contributed by atoms with Crippen LogP contribution in [0.15, 0.2) is 46.9 Å². The lowest BCUT2D eigenvalue weighted by Gasteiger charge is -2.13. The van der Waals surface area contributed by atoms with E-state index in [1.165, 1.54) is 0 Å². The molecule has 3 nitrogen and oxygen atoms in total. The monoisotopic (exact) mass is 363 g/mol. The molecule has 1 aromatic heterocycles. The first kappa shape index (κ1) is 14.6. The van der Waals surface area contributed by atoms with Crippen LogP contribution in [0.1, 0.15) is 17.4 Å². The van der Waals surface area contributed by atoms with Crippen molar-refractivity contribution in [2.24, 2.45) is 12.8 Å². The zero-order valence-electron chi connectivity index (χ0n) is 11.6. The van der Waals surface area contributed by atoms with Crippen molar-refractivity contribution < 1.29 is 0 Å². The number of hydrogen-bond donors (Lipinski definition) is 1. The molecule has 5 heteroatoms. The van der Waals surface area contributed by atoms with Crippen molar-refractivity contribution >= 4 is 38.6 Å². The summed E-state index contributed by atoms with van der Waals surface area (Å²) in [5, 5.41) is 0.680. The lowest BCUT2D eigenvalue weighted by atomic mass is 10.0. The van der Waals surface area contributed by atoms with Gasteiger partial charge in [-0.2, -0.15) is 0 Å². The fourth-order valence-electron chi connectivity index (χ4n) is 2.48. The largest absolute Gasteiger partial charge is 0.331 e.